The molecule has 1 aliphatic rings. The van der Waals surface area contributed by atoms with Crippen LogP contribution in [0, 0.1) is 11.7 Å². The van der Waals surface area contributed by atoms with E-state index in [4.69, 9.17) is 0 Å². The molecule has 1 aliphatic carbocycles. The van der Waals surface area contributed by atoms with E-state index in [0.717, 1.165) is 12.8 Å². The van der Waals surface area contributed by atoms with E-state index in [1.807, 2.05) is 6.92 Å². The summed E-state index contributed by atoms with van der Waals surface area (Å²) in [7, 11) is 0. The Balaban J connectivity index is 2.09. The standard InChI is InChI=1S/C13H18FN3O/c1-3-5-15-12-11(14)9(4-6-16-12)13(18)17-10-7-8(10)2/h4,6,8,10H,3,5,7H2,1-2H3,(H,15,16)(H,17,18). The Morgan fingerprint density at radius 3 is 2.94 bits per heavy atom. The van der Waals surface area contributed by atoms with Crippen molar-refractivity contribution in [3.8, 4) is 0 Å². The van der Waals surface area contributed by atoms with Crippen molar-refractivity contribution in [3.63, 3.8) is 0 Å². The van der Waals surface area contributed by atoms with Crippen LogP contribution in [0.1, 0.15) is 37.0 Å². The molecule has 1 aromatic rings. The van der Waals surface area contributed by atoms with Gasteiger partial charge in [-0.05, 0) is 24.8 Å². The third kappa shape index (κ3) is 2.78. The zero-order valence-electron chi connectivity index (χ0n) is 10.7. The molecule has 2 unspecified atom stereocenters. The Morgan fingerprint density at radius 1 is 1.61 bits per heavy atom. The highest BCUT2D eigenvalue weighted by atomic mass is 19.1. The first-order valence-electron chi connectivity index (χ1n) is 6.32. The van der Waals surface area contributed by atoms with E-state index in [2.05, 4.69) is 22.5 Å². The number of rotatable bonds is 5. The Bertz CT molecular complexity index is 450. The molecule has 1 saturated carbocycles. The largest absolute Gasteiger partial charge is 0.368 e. The molecule has 0 aromatic carbocycles. The third-order valence-corrected chi connectivity index (χ3v) is 3.10. The van der Waals surface area contributed by atoms with E-state index in [-0.39, 0.29) is 23.3 Å². The van der Waals surface area contributed by atoms with Gasteiger partial charge in [-0.2, -0.15) is 0 Å². The summed E-state index contributed by atoms with van der Waals surface area (Å²) in [5, 5.41) is 5.68. The summed E-state index contributed by atoms with van der Waals surface area (Å²) in [6.45, 7) is 4.67. The van der Waals surface area contributed by atoms with Crippen LogP contribution >= 0.6 is 0 Å². The molecule has 1 amide bonds. The van der Waals surface area contributed by atoms with Crippen LogP contribution in [0.3, 0.4) is 0 Å². The van der Waals surface area contributed by atoms with E-state index in [1.165, 1.54) is 12.3 Å². The first-order valence-corrected chi connectivity index (χ1v) is 6.32. The number of nitrogens with one attached hydrogen (secondary N) is 2. The van der Waals surface area contributed by atoms with Gasteiger partial charge in [-0.1, -0.05) is 13.8 Å². The number of nitrogens with zero attached hydrogens (tertiary/aromatic N) is 1. The van der Waals surface area contributed by atoms with Crippen molar-refractivity contribution < 1.29 is 9.18 Å². The zero-order valence-corrected chi connectivity index (χ0v) is 10.7. The lowest BCUT2D eigenvalue weighted by atomic mass is 10.2. The van der Waals surface area contributed by atoms with E-state index in [0.29, 0.717) is 12.5 Å². The molecule has 2 N–H and O–H groups in total. The molecule has 1 fully saturated rings. The van der Waals surface area contributed by atoms with Crippen LogP contribution in [0.15, 0.2) is 12.3 Å². The minimum atomic E-state index is -0.572. The summed E-state index contributed by atoms with van der Waals surface area (Å²) < 4.78 is 14.0. The maximum absolute atomic E-state index is 14.0. The van der Waals surface area contributed by atoms with Gasteiger partial charge in [-0.25, -0.2) is 9.37 Å². The molecule has 1 heterocycles. The maximum atomic E-state index is 14.0. The normalized spacial score (nSPS) is 21.5. The van der Waals surface area contributed by atoms with Gasteiger partial charge in [0.05, 0.1) is 5.56 Å². The second-order valence-electron chi connectivity index (χ2n) is 4.74. The lowest BCUT2D eigenvalue weighted by Crippen LogP contribution is -2.27. The minimum absolute atomic E-state index is 0.0581. The second-order valence-corrected chi connectivity index (χ2v) is 4.74. The number of hydrogen-bond acceptors (Lipinski definition) is 3. The monoisotopic (exact) mass is 251 g/mol. The van der Waals surface area contributed by atoms with Crippen LogP contribution in [-0.4, -0.2) is 23.5 Å². The van der Waals surface area contributed by atoms with Gasteiger partial charge >= 0.3 is 0 Å². The van der Waals surface area contributed by atoms with E-state index in [9.17, 15) is 9.18 Å². The lowest BCUT2D eigenvalue weighted by Gasteiger charge is -2.09. The SMILES string of the molecule is CCCNc1nccc(C(=O)NC2CC2C)c1F. The van der Waals surface area contributed by atoms with Gasteiger partial charge in [0, 0.05) is 18.8 Å². The summed E-state index contributed by atoms with van der Waals surface area (Å²) in [5.41, 5.74) is 0.0581. The Labute approximate surface area is 106 Å². The molecule has 0 spiro atoms. The third-order valence-electron chi connectivity index (χ3n) is 3.10. The molecule has 2 atom stereocenters. The first kappa shape index (κ1) is 12.8. The Kier molecular flexibility index (Phi) is 3.79. The van der Waals surface area contributed by atoms with E-state index >= 15 is 0 Å². The fourth-order valence-electron chi connectivity index (χ4n) is 1.76. The molecule has 2 rings (SSSR count). The molecule has 98 valence electrons. The van der Waals surface area contributed by atoms with Gasteiger partial charge in [0.2, 0.25) is 0 Å². The van der Waals surface area contributed by atoms with E-state index < -0.39 is 5.82 Å². The predicted molar refractivity (Wildman–Crippen MR) is 68.0 cm³/mol. The predicted octanol–water partition coefficient (Wildman–Crippen LogP) is 2.18. The summed E-state index contributed by atoms with van der Waals surface area (Å²) in [6, 6.07) is 1.60. The summed E-state index contributed by atoms with van der Waals surface area (Å²) in [6.07, 6.45) is 3.29. The van der Waals surface area contributed by atoms with Gasteiger partial charge < -0.3 is 10.6 Å². The molecule has 1 aromatic heterocycles. The van der Waals surface area contributed by atoms with Crippen molar-refractivity contribution in [2.75, 3.05) is 11.9 Å². The lowest BCUT2D eigenvalue weighted by molar-refractivity contribution is 0.0945. The molecule has 0 saturated heterocycles. The van der Waals surface area contributed by atoms with Gasteiger partial charge in [-0.3, -0.25) is 4.79 Å². The number of amides is 1. The Morgan fingerprint density at radius 2 is 2.33 bits per heavy atom. The van der Waals surface area contributed by atoms with Crippen LogP contribution < -0.4 is 10.6 Å². The molecule has 0 aliphatic heterocycles. The van der Waals surface area contributed by atoms with Crippen LogP contribution in [0.4, 0.5) is 10.2 Å². The molecular formula is C13H18FN3O. The Hall–Kier alpha value is -1.65. The number of carbonyl (C=O) groups excluding carboxylic acids is 1. The fraction of sp³-hybridized carbons (Fsp3) is 0.538. The maximum Gasteiger partial charge on any atom is 0.254 e. The summed E-state index contributed by atoms with van der Waals surface area (Å²) >= 11 is 0. The van der Waals surface area contributed by atoms with Gasteiger partial charge in [0.1, 0.15) is 0 Å². The minimum Gasteiger partial charge on any atom is -0.368 e. The molecule has 0 radical (unpaired) electrons. The van der Waals surface area contributed by atoms with E-state index in [1.54, 1.807) is 0 Å². The summed E-state index contributed by atoms with van der Waals surface area (Å²) in [4.78, 5) is 15.8. The summed E-state index contributed by atoms with van der Waals surface area (Å²) in [5.74, 6) is -0.287. The average Bonchev–Trinajstić information content (AvgIpc) is 3.03. The number of anilines is 1. The molecule has 0 bridgehead atoms. The van der Waals surface area contributed by atoms with Gasteiger partial charge in [0.15, 0.2) is 11.6 Å². The molecule has 4 nitrogen and oxygen atoms in total. The number of hydrogen-bond donors (Lipinski definition) is 2. The van der Waals surface area contributed by atoms with Gasteiger partial charge in [0.25, 0.3) is 5.91 Å². The van der Waals surface area contributed by atoms with Crippen LogP contribution in [-0.2, 0) is 0 Å². The van der Waals surface area contributed by atoms with Crippen molar-refractivity contribution >= 4 is 11.7 Å². The zero-order chi connectivity index (χ0) is 13.1. The van der Waals surface area contributed by atoms with Crippen molar-refractivity contribution in [2.45, 2.75) is 32.7 Å². The number of carbonyl (C=O) groups is 1. The highest BCUT2D eigenvalue weighted by Gasteiger charge is 2.34. The van der Waals surface area contributed by atoms with Crippen molar-refractivity contribution in [1.29, 1.82) is 0 Å². The highest BCUT2D eigenvalue weighted by Crippen LogP contribution is 2.29. The topological polar surface area (TPSA) is 54.0 Å². The number of aromatic nitrogens is 1. The fourth-order valence-corrected chi connectivity index (χ4v) is 1.76. The second kappa shape index (κ2) is 5.33. The van der Waals surface area contributed by atoms with Crippen molar-refractivity contribution in [2.24, 2.45) is 5.92 Å². The van der Waals surface area contributed by atoms with Crippen molar-refractivity contribution in [1.82, 2.24) is 10.3 Å². The number of pyridine rings is 1. The first-order chi connectivity index (χ1) is 8.63. The van der Waals surface area contributed by atoms with Crippen molar-refractivity contribution in [3.05, 3.63) is 23.6 Å². The van der Waals surface area contributed by atoms with Gasteiger partial charge in [-0.15, -0.1) is 0 Å². The quantitative estimate of drug-likeness (QED) is 0.843. The molecule has 18 heavy (non-hydrogen) atoms. The van der Waals surface area contributed by atoms with Crippen LogP contribution in [0.25, 0.3) is 0 Å². The molecule has 5 heteroatoms. The molecular weight excluding hydrogens is 233 g/mol. The highest BCUT2D eigenvalue weighted by molar-refractivity contribution is 5.95. The smallest absolute Gasteiger partial charge is 0.254 e. The number of halogens is 1. The average molecular weight is 251 g/mol. The van der Waals surface area contributed by atoms with Crippen LogP contribution in [0.2, 0.25) is 0 Å². The van der Waals surface area contributed by atoms with Crippen LogP contribution in [0.5, 0.6) is 0 Å².